The Balaban J connectivity index is 0.000000156. The maximum atomic E-state index is 9.72. The zero-order chi connectivity index (χ0) is 46.4. The summed E-state index contributed by atoms with van der Waals surface area (Å²) in [4.78, 5) is 10.1. The van der Waals surface area contributed by atoms with Gasteiger partial charge in [-0.05, 0) is 234 Å². The molecule has 2 N–H and O–H groups in total. The number of rotatable bonds is 10. The van der Waals surface area contributed by atoms with E-state index < -0.39 is 0 Å². The largest absolute Gasteiger partial charge is 0.252 e. The average molecular weight is 916 g/mol. The Morgan fingerprint density at radius 2 is 0.576 bits per heavy atom. The van der Waals surface area contributed by atoms with Gasteiger partial charge in [-0.25, -0.2) is 9.78 Å². The molecule has 0 radical (unpaired) electrons. The van der Waals surface area contributed by atoms with Crippen LogP contribution in [0, 0.1) is 88.8 Å². The quantitative estimate of drug-likeness (QED) is 0.181. The first kappa shape index (κ1) is 52.9. The van der Waals surface area contributed by atoms with E-state index >= 15 is 0 Å². The first-order valence-corrected chi connectivity index (χ1v) is 29.8. The average Bonchev–Trinajstić information content (AvgIpc) is 3.35. The van der Waals surface area contributed by atoms with Crippen molar-refractivity contribution in [1.82, 2.24) is 0 Å². The topological polar surface area (TPSA) is 58.9 Å². The van der Waals surface area contributed by atoms with Crippen LogP contribution in [-0.4, -0.2) is 16.6 Å². The van der Waals surface area contributed by atoms with E-state index in [2.05, 4.69) is 65.8 Å². The highest BCUT2D eigenvalue weighted by Crippen LogP contribution is 2.47. The molecule has 0 aromatic heterocycles. The molecule has 8 aliphatic rings. The molecule has 2 unspecified atom stereocenters. The molecule has 8 saturated carbocycles. The fraction of sp³-hybridized carbons (Fsp3) is 0.903. The van der Waals surface area contributed by atoms with Gasteiger partial charge in [0.1, 0.15) is 6.10 Å². The molecule has 1 aromatic carbocycles. The molecule has 0 heterocycles. The fourth-order valence-corrected chi connectivity index (χ4v) is 16.0. The first-order chi connectivity index (χ1) is 32.1. The molecule has 9 rings (SSSR count). The van der Waals surface area contributed by atoms with Crippen molar-refractivity contribution in [3.05, 3.63) is 35.4 Å². The van der Waals surface area contributed by atoms with Crippen LogP contribution in [0.3, 0.4) is 0 Å². The predicted octanol–water partition coefficient (Wildman–Crippen LogP) is 19.1. The van der Waals surface area contributed by atoms with Gasteiger partial charge in [-0.3, -0.25) is 10.5 Å². The highest BCUT2D eigenvalue weighted by atomic mass is 17.1. The fourth-order valence-electron chi connectivity index (χ4n) is 16.0. The van der Waals surface area contributed by atoms with Gasteiger partial charge >= 0.3 is 0 Å². The standard InChI is InChI=1S/C27H42O2.C21H38O2.C14H26/c1-19-3-7-21(8-4-19)23-11-15-25(16-12-23)27(29-28)26-17-13-24(14-18-26)22-9-5-20(2)6-10-22;1-15-3-7-17(8-4-15)18-11-13-20(14-12-18)21(23-22)19-9-5-16(2)6-10-19;1-11-3-7-13(8-4-11)14-9-5-12(2)6-10-14/h11-12,15-16,19-22,24,26-28H,3-10,13-14,17-18H2,1-2H3;15-22H,3-14H2,1-2H3;11-14H,3-10H2,1-2H3. The van der Waals surface area contributed by atoms with Gasteiger partial charge in [-0.15, -0.1) is 0 Å². The lowest BCUT2D eigenvalue weighted by atomic mass is 9.67. The summed E-state index contributed by atoms with van der Waals surface area (Å²) in [7, 11) is 0. The summed E-state index contributed by atoms with van der Waals surface area (Å²) in [5.41, 5.74) is 2.64. The Hall–Kier alpha value is -0.940. The summed E-state index contributed by atoms with van der Waals surface area (Å²) >= 11 is 0. The molecule has 0 aliphatic heterocycles. The van der Waals surface area contributed by atoms with E-state index in [4.69, 9.17) is 9.78 Å². The molecule has 0 saturated heterocycles. The summed E-state index contributed by atoms with van der Waals surface area (Å²) in [5.74, 6) is 14.2. The van der Waals surface area contributed by atoms with Gasteiger partial charge in [0.2, 0.25) is 0 Å². The monoisotopic (exact) mass is 915 g/mol. The summed E-state index contributed by atoms with van der Waals surface area (Å²) < 4.78 is 0. The predicted molar refractivity (Wildman–Crippen MR) is 277 cm³/mol. The lowest BCUT2D eigenvalue weighted by Crippen LogP contribution is -2.37. The van der Waals surface area contributed by atoms with E-state index in [1.807, 2.05) is 0 Å². The molecule has 66 heavy (non-hydrogen) atoms. The third kappa shape index (κ3) is 15.5. The van der Waals surface area contributed by atoms with Gasteiger partial charge in [0.05, 0.1) is 6.10 Å². The van der Waals surface area contributed by atoms with Crippen LogP contribution in [0.1, 0.15) is 270 Å². The van der Waals surface area contributed by atoms with Gasteiger partial charge in [-0.1, -0.05) is 143 Å². The van der Waals surface area contributed by atoms with Crippen molar-refractivity contribution < 1.29 is 20.3 Å². The van der Waals surface area contributed by atoms with Crippen molar-refractivity contribution in [3.63, 3.8) is 0 Å². The molecule has 0 amide bonds. The third-order valence-electron chi connectivity index (χ3n) is 21.3. The smallest absolute Gasteiger partial charge is 0.120 e. The van der Waals surface area contributed by atoms with E-state index in [9.17, 15) is 10.5 Å². The maximum absolute atomic E-state index is 9.72. The van der Waals surface area contributed by atoms with Crippen LogP contribution in [0.2, 0.25) is 0 Å². The molecule has 8 aliphatic carbocycles. The normalized spacial score (nSPS) is 41.2. The van der Waals surface area contributed by atoms with Crippen molar-refractivity contribution in [2.45, 2.75) is 265 Å². The van der Waals surface area contributed by atoms with Crippen LogP contribution in [-0.2, 0) is 9.78 Å². The molecule has 0 bridgehead atoms. The van der Waals surface area contributed by atoms with Crippen molar-refractivity contribution in [3.8, 4) is 0 Å². The molecule has 4 heteroatoms. The lowest BCUT2D eigenvalue weighted by molar-refractivity contribution is -0.307. The van der Waals surface area contributed by atoms with Crippen molar-refractivity contribution in [2.75, 3.05) is 0 Å². The van der Waals surface area contributed by atoms with Crippen LogP contribution in [0.5, 0.6) is 0 Å². The molecule has 2 atom stereocenters. The molecular formula is C62H106O4. The minimum atomic E-state index is -0.150. The van der Waals surface area contributed by atoms with Crippen LogP contribution >= 0.6 is 0 Å². The Bertz CT molecular complexity index is 1390. The zero-order valence-electron chi connectivity index (χ0n) is 44.0. The van der Waals surface area contributed by atoms with Crippen LogP contribution in [0.15, 0.2) is 24.3 Å². The minimum absolute atomic E-state index is 0.120. The van der Waals surface area contributed by atoms with Crippen LogP contribution < -0.4 is 0 Å². The SMILES string of the molecule is CC1CCC(C2CCC(C(OO)C3CCC(C)CC3)CC2)CC1.CC1CCC(C2CCC(C)CC2)CC1.CC1CCC(c2ccc(C(OO)C3CCC(C4CCC(C)CC4)CC3)cc2)CC1. The summed E-state index contributed by atoms with van der Waals surface area (Å²) in [6.07, 6.45) is 44.7. The van der Waals surface area contributed by atoms with Gasteiger partial charge in [-0.2, -0.15) is 0 Å². The highest BCUT2D eigenvalue weighted by Gasteiger charge is 2.38. The van der Waals surface area contributed by atoms with Crippen molar-refractivity contribution in [2.24, 2.45) is 88.8 Å². The van der Waals surface area contributed by atoms with E-state index in [1.165, 1.54) is 185 Å². The Morgan fingerprint density at radius 1 is 0.318 bits per heavy atom. The molecule has 1 aromatic rings. The summed E-state index contributed by atoms with van der Waals surface area (Å²) in [6, 6.07) is 9.05. The summed E-state index contributed by atoms with van der Waals surface area (Å²) in [6.45, 7) is 14.4. The second-order valence-electron chi connectivity index (χ2n) is 26.2. The number of benzene rings is 1. The molecule has 8 fully saturated rings. The lowest BCUT2D eigenvalue weighted by Gasteiger charge is -2.41. The highest BCUT2D eigenvalue weighted by molar-refractivity contribution is 5.27. The number of hydrogen-bond donors (Lipinski definition) is 2. The van der Waals surface area contributed by atoms with Crippen molar-refractivity contribution >= 4 is 0 Å². The Labute approximate surface area is 408 Å². The first-order valence-electron chi connectivity index (χ1n) is 29.8. The second-order valence-corrected chi connectivity index (χ2v) is 26.2. The molecule has 0 spiro atoms. The van der Waals surface area contributed by atoms with Crippen LogP contribution in [0.4, 0.5) is 0 Å². The minimum Gasteiger partial charge on any atom is -0.252 e. The molecule has 378 valence electrons. The number of hydrogen-bond acceptors (Lipinski definition) is 4. The zero-order valence-corrected chi connectivity index (χ0v) is 44.0. The Morgan fingerprint density at radius 3 is 0.879 bits per heavy atom. The van der Waals surface area contributed by atoms with Gasteiger partial charge in [0.25, 0.3) is 0 Å². The van der Waals surface area contributed by atoms with Gasteiger partial charge in [0.15, 0.2) is 0 Å². The van der Waals surface area contributed by atoms with Gasteiger partial charge < -0.3 is 0 Å². The van der Waals surface area contributed by atoms with E-state index in [-0.39, 0.29) is 12.2 Å². The van der Waals surface area contributed by atoms with E-state index in [0.29, 0.717) is 17.8 Å². The Kier molecular flexibility index (Phi) is 21.7. The third-order valence-corrected chi connectivity index (χ3v) is 21.3. The second kappa shape index (κ2) is 27.0. The molecular weight excluding hydrogens is 809 g/mol. The molecule has 4 nitrogen and oxygen atoms in total. The van der Waals surface area contributed by atoms with Gasteiger partial charge in [0, 0.05) is 0 Å². The van der Waals surface area contributed by atoms with E-state index in [0.717, 1.165) is 82.5 Å². The van der Waals surface area contributed by atoms with Crippen molar-refractivity contribution in [1.29, 1.82) is 0 Å². The summed E-state index contributed by atoms with van der Waals surface area (Å²) in [5, 5.41) is 19.3. The maximum Gasteiger partial charge on any atom is 0.120 e. The van der Waals surface area contributed by atoms with E-state index in [1.54, 1.807) is 25.7 Å². The van der Waals surface area contributed by atoms with Crippen LogP contribution in [0.25, 0.3) is 0 Å².